The van der Waals surface area contributed by atoms with Gasteiger partial charge >= 0.3 is 5.97 Å². The Morgan fingerprint density at radius 3 is 2.65 bits per heavy atom. The zero-order valence-electron chi connectivity index (χ0n) is 23.0. The van der Waals surface area contributed by atoms with Crippen molar-refractivity contribution in [1.29, 1.82) is 0 Å². The number of fused-ring (bicyclic) bond motifs is 1. The second-order valence-corrected chi connectivity index (χ2v) is 10.3. The molecule has 1 aliphatic rings. The first kappa shape index (κ1) is 28.0. The van der Waals surface area contributed by atoms with Gasteiger partial charge in [0.05, 0.1) is 39.9 Å². The molecule has 1 N–H and O–H groups in total. The minimum Gasteiger partial charge on any atom is -0.478 e. The number of pyridine rings is 1. The number of aromatic nitrogens is 3. The van der Waals surface area contributed by atoms with Crippen LogP contribution in [0.25, 0.3) is 22.3 Å². The van der Waals surface area contributed by atoms with Crippen molar-refractivity contribution in [2.75, 3.05) is 6.61 Å². The van der Waals surface area contributed by atoms with Crippen LogP contribution in [0.4, 0.5) is 10.1 Å². The van der Waals surface area contributed by atoms with Crippen LogP contribution in [0.3, 0.4) is 0 Å². The van der Waals surface area contributed by atoms with E-state index in [-0.39, 0.29) is 30.4 Å². The van der Waals surface area contributed by atoms with E-state index in [0.29, 0.717) is 52.7 Å². The minimum atomic E-state index is -1.02. The minimum absolute atomic E-state index is 0.00162. The summed E-state index contributed by atoms with van der Waals surface area (Å²) >= 11 is 0. The highest BCUT2D eigenvalue weighted by atomic mass is 19.1. The van der Waals surface area contributed by atoms with Crippen molar-refractivity contribution in [3.8, 4) is 17.1 Å². The molecule has 0 saturated carbocycles. The van der Waals surface area contributed by atoms with Crippen LogP contribution in [0.2, 0.25) is 0 Å². The molecule has 3 aromatic carbocycles. The van der Waals surface area contributed by atoms with Gasteiger partial charge in [-0.25, -0.2) is 19.2 Å². The lowest BCUT2D eigenvalue weighted by molar-refractivity contribution is -0.384. The summed E-state index contributed by atoms with van der Waals surface area (Å²) in [6, 6.07) is 21.0. The van der Waals surface area contributed by atoms with Gasteiger partial charge in [0.25, 0.3) is 5.69 Å². The standard InChI is InChI=1S/C32H27FN4O6/c33-26-15-22(27-4-1-5-31(35-27)43-19-20-6-11-24(12-7-20)37(40)41)9-8-21(26)17-30-34-28-13-10-23(32(38)39)16-29(28)36(30)18-25-3-2-14-42-25/h1,4-13,15-16,25H,2-3,14,17-19H2,(H,38,39). The van der Waals surface area contributed by atoms with Crippen LogP contribution < -0.4 is 4.74 Å². The van der Waals surface area contributed by atoms with Crippen molar-refractivity contribution in [3.63, 3.8) is 0 Å². The summed E-state index contributed by atoms with van der Waals surface area (Å²) in [4.78, 5) is 31.2. The Balaban J connectivity index is 1.22. The highest BCUT2D eigenvalue weighted by molar-refractivity contribution is 5.92. The van der Waals surface area contributed by atoms with Gasteiger partial charge in [-0.15, -0.1) is 0 Å². The Labute approximate surface area is 245 Å². The second kappa shape index (κ2) is 12.0. The number of non-ortho nitro benzene ring substituents is 1. The Bertz CT molecular complexity index is 1820. The van der Waals surface area contributed by atoms with Gasteiger partial charge in [-0.05, 0) is 66.4 Å². The number of rotatable bonds is 10. The van der Waals surface area contributed by atoms with Gasteiger partial charge in [0.1, 0.15) is 18.2 Å². The predicted octanol–water partition coefficient (Wildman–Crippen LogP) is 6.19. The zero-order chi connectivity index (χ0) is 29.9. The molecule has 1 aliphatic heterocycles. The molecule has 218 valence electrons. The van der Waals surface area contributed by atoms with E-state index in [1.54, 1.807) is 54.6 Å². The summed E-state index contributed by atoms with van der Waals surface area (Å²) in [7, 11) is 0. The molecule has 6 rings (SSSR count). The average molecular weight is 583 g/mol. The third kappa shape index (κ3) is 6.21. The van der Waals surface area contributed by atoms with Crippen LogP contribution in [0, 0.1) is 15.9 Å². The molecule has 0 radical (unpaired) electrons. The molecule has 1 fully saturated rings. The summed E-state index contributed by atoms with van der Waals surface area (Å²) in [5.41, 5.74) is 3.77. The van der Waals surface area contributed by atoms with Crippen LogP contribution in [0.1, 0.15) is 40.2 Å². The average Bonchev–Trinajstić information content (AvgIpc) is 3.65. The molecule has 1 saturated heterocycles. The maximum atomic E-state index is 15.5. The van der Waals surface area contributed by atoms with Crippen LogP contribution in [-0.2, 0) is 24.3 Å². The lowest BCUT2D eigenvalue weighted by Crippen LogP contribution is -2.17. The van der Waals surface area contributed by atoms with E-state index < -0.39 is 16.7 Å². The number of halogens is 1. The molecule has 43 heavy (non-hydrogen) atoms. The summed E-state index contributed by atoms with van der Waals surface area (Å²) in [5.74, 6) is -0.480. The van der Waals surface area contributed by atoms with E-state index in [0.717, 1.165) is 18.4 Å². The largest absolute Gasteiger partial charge is 0.478 e. The smallest absolute Gasteiger partial charge is 0.335 e. The fourth-order valence-electron chi connectivity index (χ4n) is 5.18. The van der Waals surface area contributed by atoms with Crippen molar-refractivity contribution in [3.05, 3.63) is 117 Å². The maximum Gasteiger partial charge on any atom is 0.335 e. The van der Waals surface area contributed by atoms with Crippen molar-refractivity contribution in [2.45, 2.75) is 38.5 Å². The number of hydrogen-bond acceptors (Lipinski definition) is 7. The Kier molecular flexibility index (Phi) is 7.80. The molecule has 11 heteroatoms. The SMILES string of the molecule is O=C(O)c1ccc2nc(Cc3ccc(-c4cccc(OCc5ccc([N+](=O)[O-])cc5)n4)cc3F)n(CC3CCCO3)c2c1. The fraction of sp³-hybridized carbons (Fsp3) is 0.219. The number of carboxylic acid groups (broad SMARTS) is 1. The number of imidazole rings is 1. The van der Waals surface area contributed by atoms with Crippen LogP contribution in [0.5, 0.6) is 5.88 Å². The molecule has 1 atom stereocenters. The molecule has 0 aliphatic carbocycles. The normalized spacial score (nSPS) is 14.7. The lowest BCUT2D eigenvalue weighted by atomic mass is 10.1. The maximum absolute atomic E-state index is 15.5. The van der Waals surface area contributed by atoms with Crippen molar-refractivity contribution in [2.24, 2.45) is 0 Å². The highest BCUT2D eigenvalue weighted by Gasteiger charge is 2.21. The predicted molar refractivity (Wildman–Crippen MR) is 156 cm³/mol. The van der Waals surface area contributed by atoms with Crippen LogP contribution >= 0.6 is 0 Å². The molecule has 0 amide bonds. The molecule has 0 bridgehead atoms. The Morgan fingerprint density at radius 2 is 1.93 bits per heavy atom. The Morgan fingerprint density at radius 1 is 1.09 bits per heavy atom. The number of benzene rings is 3. The molecule has 1 unspecified atom stereocenters. The van der Waals surface area contributed by atoms with Crippen molar-refractivity contribution >= 4 is 22.7 Å². The summed E-state index contributed by atoms with van der Waals surface area (Å²) in [5, 5.41) is 20.4. The number of hydrogen-bond donors (Lipinski definition) is 1. The number of nitro groups is 1. The van der Waals surface area contributed by atoms with Crippen LogP contribution in [0.15, 0.2) is 78.9 Å². The lowest BCUT2D eigenvalue weighted by Gasteiger charge is -2.15. The van der Waals surface area contributed by atoms with Gasteiger partial charge in [0, 0.05) is 36.8 Å². The summed E-state index contributed by atoms with van der Waals surface area (Å²) in [6.45, 7) is 1.36. The van der Waals surface area contributed by atoms with E-state index in [1.807, 2.05) is 4.57 Å². The number of carboxylic acids is 1. The highest BCUT2D eigenvalue weighted by Crippen LogP contribution is 2.27. The summed E-state index contributed by atoms with van der Waals surface area (Å²) in [6.07, 6.45) is 2.05. The van der Waals surface area contributed by atoms with Gasteiger partial charge in [-0.2, -0.15) is 0 Å². The number of nitro benzene ring substituents is 1. The molecular weight excluding hydrogens is 555 g/mol. The third-order valence-corrected chi connectivity index (χ3v) is 7.44. The third-order valence-electron chi connectivity index (χ3n) is 7.44. The fourth-order valence-corrected chi connectivity index (χ4v) is 5.18. The van der Waals surface area contributed by atoms with Gasteiger partial charge in [-0.1, -0.05) is 18.2 Å². The van der Waals surface area contributed by atoms with Gasteiger partial charge in [-0.3, -0.25) is 10.1 Å². The van der Waals surface area contributed by atoms with E-state index >= 15 is 4.39 Å². The van der Waals surface area contributed by atoms with E-state index in [4.69, 9.17) is 14.5 Å². The monoisotopic (exact) mass is 582 g/mol. The number of nitrogens with zero attached hydrogens (tertiary/aromatic N) is 4. The molecular formula is C32H27FN4O6. The first-order valence-corrected chi connectivity index (χ1v) is 13.8. The quantitative estimate of drug-likeness (QED) is 0.152. The number of carbonyl (C=O) groups is 1. The van der Waals surface area contributed by atoms with E-state index in [2.05, 4.69) is 4.98 Å². The van der Waals surface area contributed by atoms with E-state index in [1.165, 1.54) is 24.3 Å². The van der Waals surface area contributed by atoms with Gasteiger partial charge < -0.3 is 19.1 Å². The first-order valence-electron chi connectivity index (χ1n) is 13.8. The van der Waals surface area contributed by atoms with Crippen LogP contribution in [-0.4, -0.2) is 43.2 Å². The zero-order valence-corrected chi connectivity index (χ0v) is 23.0. The van der Waals surface area contributed by atoms with Crippen molar-refractivity contribution in [1.82, 2.24) is 14.5 Å². The molecule has 2 aromatic heterocycles. The topological polar surface area (TPSA) is 130 Å². The Hall–Kier alpha value is -5.16. The summed E-state index contributed by atoms with van der Waals surface area (Å²) < 4.78 is 29.0. The second-order valence-electron chi connectivity index (χ2n) is 10.3. The van der Waals surface area contributed by atoms with Gasteiger partial charge in [0.15, 0.2) is 0 Å². The van der Waals surface area contributed by atoms with Crippen molar-refractivity contribution < 1.29 is 28.7 Å². The van der Waals surface area contributed by atoms with E-state index in [9.17, 15) is 20.0 Å². The van der Waals surface area contributed by atoms with Gasteiger partial charge in [0.2, 0.25) is 5.88 Å². The number of ether oxygens (including phenoxy) is 2. The number of aromatic carboxylic acids is 1. The molecule has 10 nitrogen and oxygen atoms in total. The first-order chi connectivity index (χ1) is 20.8. The molecule has 3 heterocycles. The molecule has 5 aromatic rings. The molecule has 0 spiro atoms.